The van der Waals surface area contributed by atoms with Crippen molar-refractivity contribution in [2.24, 2.45) is 0 Å². The second-order valence-electron chi connectivity index (χ2n) is 3.03. The molecule has 5 nitrogen and oxygen atoms in total. The first kappa shape index (κ1) is 12.5. The topological polar surface area (TPSA) is 90.7 Å². The molecule has 1 aromatic heterocycles. The molecular weight excluding hydrogens is 222 g/mol. The van der Waals surface area contributed by atoms with Gasteiger partial charge in [0.15, 0.2) is 11.5 Å². The van der Waals surface area contributed by atoms with E-state index >= 15 is 0 Å². The van der Waals surface area contributed by atoms with Crippen LogP contribution in [0.15, 0.2) is 48.8 Å². The molecule has 0 fully saturated rings. The van der Waals surface area contributed by atoms with E-state index in [1.807, 2.05) is 18.2 Å². The summed E-state index contributed by atoms with van der Waals surface area (Å²) in [5.41, 5.74) is -0.0553. The monoisotopic (exact) mass is 233 g/mol. The van der Waals surface area contributed by atoms with Gasteiger partial charge in [0.25, 0.3) is 0 Å². The minimum atomic E-state index is -1.14. The van der Waals surface area contributed by atoms with Gasteiger partial charge in [-0.3, -0.25) is 4.98 Å². The van der Waals surface area contributed by atoms with Gasteiger partial charge in [0.2, 0.25) is 0 Å². The lowest BCUT2D eigenvalue weighted by Crippen LogP contribution is -1.94. The van der Waals surface area contributed by atoms with Crippen LogP contribution in [0.5, 0.6) is 11.5 Å². The van der Waals surface area contributed by atoms with Gasteiger partial charge in [0.1, 0.15) is 0 Å². The third-order valence-electron chi connectivity index (χ3n) is 1.79. The Kier molecular flexibility index (Phi) is 4.50. The Morgan fingerprint density at radius 3 is 2.00 bits per heavy atom. The van der Waals surface area contributed by atoms with Crippen molar-refractivity contribution in [1.82, 2.24) is 4.98 Å². The minimum Gasteiger partial charge on any atom is -0.504 e. The van der Waals surface area contributed by atoms with E-state index < -0.39 is 11.7 Å². The first-order valence-corrected chi connectivity index (χ1v) is 4.71. The molecule has 0 saturated carbocycles. The molecule has 0 unspecified atom stereocenters. The van der Waals surface area contributed by atoms with Crippen LogP contribution in [-0.4, -0.2) is 26.3 Å². The van der Waals surface area contributed by atoms with Gasteiger partial charge in [-0.05, 0) is 30.3 Å². The fourth-order valence-corrected chi connectivity index (χ4v) is 0.969. The summed E-state index contributed by atoms with van der Waals surface area (Å²) >= 11 is 0. The van der Waals surface area contributed by atoms with Crippen LogP contribution in [-0.2, 0) is 0 Å². The number of hydrogen-bond donors (Lipinski definition) is 3. The SMILES string of the molecule is O=C(O)c1ccc(O)c(O)c1.c1ccncc1. The summed E-state index contributed by atoms with van der Waals surface area (Å²) in [6.07, 6.45) is 3.50. The van der Waals surface area contributed by atoms with Gasteiger partial charge >= 0.3 is 5.97 Å². The first-order valence-electron chi connectivity index (χ1n) is 4.71. The smallest absolute Gasteiger partial charge is 0.335 e. The Balaban J connectivity index is 0.000000202. The summed E-state index contributed by atoms with van der Waals surface area (Å²) in [4.78, 5) is 14.1. The Bertz CT molecular complexity index is 458. The number of nitrogens with zero attached hydrogens (tertiary/aromatic N) is 1. The van der Waals surface area contributed by atoms with Crippen LogP contribution in [0.4, 0.5) is 0 Å². The standard InChI is InChI=1S/C7H6O4.C5H5N/c8-5-2-1-4(7(10)11)3-6(5)9;1-2-4-6-5-3-1/h1-3,8-9H,(H,10,11);1-5H. The molecular formula is C12H11NO4. The molecule has 0 spiro atoms. The molecule has 17 heavy (non-hydrogen) atoms. The van der Waals surface area contributed by atoms with E-state index in [0.717, 1.165) is 12.1 Å². The lowest BCUT2D eigenvalue weighted by atomic mass is 10.2. The number of carboxylic acids is 1. The third kappa shape index (κ3) is 4.21. The molecule has 0 bridgehead atoms. The number of aromatic hydroxyl groups is 2. The molecule has 5 heteroatoms. The number of rotatable bonds is 1. The van der Waals surface area contributed by atoms with Crippen molar-refractivity contribution in [3.8, 4) is 11.5 Å². The summed E-state index contributed by atoms with van der Waals surface area (Å²) in [5.74, 6) is -1.89. The molecule has 2 aromatic rings. The number of benzene rings is 1. The molecule has 0 aliphatic carbocycles. The molecule has 2 rings (SSSR count). The van der Waals surface area contributed by atoms with Crippen LogP contribution in [0.2, 0.25) is 0 Å². The maximum absolute atomic E-state index is 10.3. The van der Waals surface area contributed by atoms with Crippen molar-refractivity contribution >= 4 is 5.97 Å². The van der Waals surface area contributed by atoms with Crippen LogP contribution in [0.1, 0.15) is 10.4 Å². The van der Waals surface area contributed by atoms with Crippen molar-refractivity contribution < 1.29 is 20.1 Å². The quantitative estimate of drug-likeness (QED) is 0.654. The maximum atomic E-state index is 10.3. The van der Waals surface area contributed by atoms with Crippen molar-refractivity contribution in [3.05, 3.63) is 54.4 Å². The van der Waals surface area contributed by atoms with E-state index in [1.165, 1.54) is 6.07 Å². The molecule has 0 amide bonds. The number of aromatic carboxylic acids is 1. The van der Waals surface area contributed by atoms with Gasteiger partial charge in [0, 0.05) is 12.4 Å². The van der Waals surface area contributed by atoms with E-state index in [1.54, 1.807) is 12.4 Å². The van der Waals surface area contributed by atoms with Crippen LogP contribution in [0.25, 0.3) is 0 Å². The zero-order valence-electron chi connectivity index (χ0n) is 8.82. The number of carbonyl (C=O) groups is 1. The van der Waals surface area contributed by atoms with Gasteiger partial charge < -0.3 is 15.3 Å². The number of phenols is 2. The highest BCUT2D eigenvalue weighted by Crippen LogP contribution is 2.24. The van der Waals surface area contributed by atoms with E-state index in [0.29, 0.717) is 0 Å². The zero-order chi connectivity index (χ0) is 12.7. The number of hydrogen-bond acceptors (Lipinski definition) is 4. The predicted molar refractivity (Wildman–Crippen MR) is 61.0 cm³/mol. The van der Waals surface area contributed by atoms with Gasteiger partial charge in [-0.25, -0.2) is 4.79 Å². The second kappa shape index (κ2) is 6.12. The first-order chi connectivity index (χ1) is 8.11. The predicted octanol–water partition coefficient (Wildman–Crippen LogP) is 1.88. The number of pyridine rings is 1. The number of aromatic nitrogens is 1. The average Bonchev–Trinajstić information content (AvgIpc) is 2.35. The molecule has 0 aliphatic heterocycles. The summed E-state index contributed by atoms with van der Waals surface area (Å²) < 4.78 is 0. The van der Waals surface area contributed by atoms with Crippen LogP contribution < -0.4 is 0 Å². The molecule has 1 heterocycles. The number of carboxylic acid groups (broad SMARTS) is 1. The Morgan fingerprint density at radius 2 is 1.65 bits per heavy atom. The third-order valence-corrected chi connectivity index (χ3v) is 1.79. The largest absolute Gasteiger partial charge is 0.504 e. The van der Waals surface area contributed by atoms with Crippen molar-refractivity contribution in [1.29, 1.82) is 0 Å². The highest BCUT2D eigenvalue weighted by molar-refractivity contribution is 5.88. The summed E-state index contributed by atoms with van der Waals surface area (Å²) in [7, 11) is 0. The normalized spacial score (nSPS) is 8.94. The highest BCUT2D eigenvalue weighted by atomic mass is 16.4. The second-order valence-corrected chi connectivity index (χ2v) is 3.03. The zero-order valence-corrected chi connectivity index (χ0v) is 8.82. The van der Waals surface area contributed by atoms with Crippen LogP contribution >= 0.6 is 0 Å². The summed E-state index contributed by atoms with van der Waals surface area (Å²) in [6.45, 7) is 0. The minimum absolute atomic E-state index is 0.0553. The molecule has 0 saturated heterocycles. The Labute approximate surface area is 97.6 Å². The molecule has 0 atom stereocenters. The van der Waals surface area contributed by atoms with E-state index in [2.05, 4.69) is 4.98 Å². The van der Waals surface area contributed by atoms with E-state index in [4.69, 9.17) is 15.3 Å². The van der Waals surface area contributed by atoms with Crippen LogP contribution in [0.3, 0.4) is 0 Å². The van der Waals surface area contributed by atoms with Crippen molar-refractivity contribution in [3.63, 3.8) is 0 Å². The van der Waals surface area contributed by atoms with Gasteiger partial charge in [0.05, 0.1) is 5.56 Å². The van der Waals surface area contributed by atoms with Crippen molar-refractivity contribution in [2.45, 2.75) is 0 Å². The van der Waals surface area contributed by atoms with Crippen LogP contribution in [0, 0.1) is 0 Å². The maximum Gasteiger partial charge on any atom is 0.335 e. The lowest BCUT2D eigenvalue weighted by molar-refractivity contribution is 0.0696. The fraction of sp³-hybridized carbons (Fsp3) is 0. The molecule has 1 aromatic carbocycles. The fourth-order valence-electron chi connectivity index (χ4n) is 0.969. The summed E-state index contributed by atoms with van der Waals surface area (Å²) in [6, 6.07) is 9.03. The van der Waals surface area contributed by atoms with E-state index in [-0.39, 0.29) is 11.3 Å². The Morgan fingerprint density at radius 1 is 1.00 bits per heavy atom. The van der Waals surface area contributed by atoms with Gasteiger partial charge in [-0.15, -0.1) is 0 Å². The molecule has 3 N–H and O–H groups in total. The van der Waals surface area contributed by atoms with Gasteiger partial charge in [-0.1, -0.05) is 6.07 Å². The molecule has 0 radical (unpaired) electrons. The van der Waals surface area contributed by atoms with E-state index in [9.17, 15) is 4.79 Å². The molecule has 88 valence electrons. The number of phenolic OH excluding ortho intramolecular Hbond substituents is 2. The van der Waals surface area contributed by atoms with Gasteiger partial charge in [-0.2, -0.15) is 0 Å². The molecule has 0 aliphatic rings. The lowest BCUT2D eigenvalue weighted by Gasteiger charge is -1.97. The van der Waals surface area contributed by atoms with Crippen molar-refractivity contribution in [2.75, 3.05) is 0 Å². The Hall–Kier alpha value is -2.56. The summed E-state index contributed by atoms with van der Waals surface area (Å²) in [5, 5.41) is 26.0. The average molecular weight is 233 g/mol. The highest BCUT2D eigenvalue weighted by Gasteiger charge is 2.05.